The predicted molar refractivity (Wildman–Crippen MR) is 126 cm³/mol. The zero-order valence-electron chi connectivity index (χ0n) is 18.3. The van der Waals surface area contributed by atoms with E-state index in [0.29, 0.717) is 0 Å². The molecule has 1 saturated heterocycles. The molecule has 1 atom stereocenters. The summed E-state index contributed by atoms with van der Waals surface area (Å²) in [7, 11) is -3.73. The average molecular weight is 474 g/mol. The molecule has 4 rings (SSSR count). The second-order valence-corrected chi connectivity index (χ2v) is 11.0. The number of nitrogens with two attached hydrogens (primary N) is 1. The van der Waals surface area contributed by atoms with E-state index >= 15 is 0 Å². The van der Waals surface area contributed by atoms with E-state index in [1.165, 1.54) is 22.6 Å². The Morgan fingerprint density at radius 3 is 2.47 bits per heavy atom. The molecule has 1 amide bonds. The van der Waals surface area contributed by atoms with Crippen molar-refractivity contribution in [2.24, 2.45) is 11.1 Å². The number of thiophene rings is 1. The first-order chi connectivity index (χ1) is 15.1. The molecule has 1 aromatic carbocycles. The maximum Gasteiger partial charge on any atom is 0.238 e. The molecule has 2 aromatic heterocycles. The number of rotatable bonds is 5. The quantitative estimate of drug-likeness (QED) is 0.588. The molecule has 170 valence electrons. The van der Waals surface area contributed by atoms with Crippen LogP contribution in [0.5, 0.6) is 0 Å². The molecule has 3 heterocycles. The van der Waals surface area contributed by atoms with Crippen LogP contribution in [0.2, 0.25) is 0 Å². The largest absolute Gasteiger partial charge is 0.356 e. The summed E-state index contributed by atoms with van der Waals surface area (Å²) in [6.45, 7) is 7.62. The second kappa shape index (κ2) is 8.76. The first kappa shape index (κ1) is 22.6. The van der Waals surface area contributed by atoms with Crippen LogP contribution in [0.3, 0.4) is 0 Å². The van der Waals surface area contributed by atoms with Gasteiger partial charge in [-0.15, -0.1) is 11.3 Å². The van der Waals surface area contributed by atoms with Crippen LogP contribution in [0.4, 0.5) is 5.82 Å². The Hall–Kier alpha value is -2.56. The molecule has 0 spiro atoms. The number of sulfonamides is 1. The fraction of sp³-hybridized carbons (Fsp3) is 0.409. The highest BCUT2D eigenvalue weighted by molar-refractivity contribution is 7.89. The standard InChI is InChI=1S/C22H27N5O3S2/c1-13-15(3)31-22-19(13)20(24-12-25-22)27-10-8-17(9-11-27)21(28)26-14(2)16-4-6-18(7-5-16)32(23,29)30/h4-7,12,14,17H,8-11H2,1-3H3,(H,26,28)(H2,23,29,30). The monoisotopic (exact) mass is 473 g/mol. The summed E-state index contributed by atoms with van der Waals surface area (Å²) in [4.78, 5) is 26.4. The van der Waals surface area contributed by atoms with Gasteiger partial charge in [-0.1, -0.05) is 12.1 Å². The van der Waals surface area contributed by atoms with Crippen LogP contribution in [-0.4, -0.2) is 37.4 Å². The molecule has 0 radical (unpaired) electrons. The number of carbonyl (C=O) groups excluding carboxylic acids is 1. The molecule has 10 heteroatoms. The average Bonchev–Trinajstić information content (AvgIpc) is 3.07. The third kappa shape index (κ3) is 4.48. The Bertz CT molecular complexity index is 1250. The maximum absolute atomic E-state index is 12.9. The maximum atomic E-state index is 12.9. The number of nitrogens with one attached hydrogen (secondary N) is 1. The van der Waals surface area contributed by atoms with Gasteiger partial charge in [0.25, 0.3) is 0 Å². The molecule has 1 unspecified atom stereocenters. The first-order valence-corrected chi connectivity index (χ1v) is 12.9. The molecule has 3 N–H and O–H groups in total. The van der Waals surface area contributed by atoms with Crippen molar-refractivity contribution in [3.05, 3.63) is 46.6 Å². The number of piperidine rings is 1. The smallest absolute Gasteiger partial charge is 0.238 e. The lowest BCUT2D eigenvalue weighted by molar-refractivity contribution is -0.126. The molecule has 0 aliphatic carbocycles. The molecule has 1 aliphatic rings. The van der Waals surface area contributed by atoms with E-state index in [0.717, 1.165) is 47.5 Å². The summed E-state index contributed by atoms with van der Waals surface area (Å²) < 4.78 is 22.8. The fourth-order valence-electron chi connectivity index (χ4n) is 4.12. The number of nitrogens with zero attached hydrogens (tertiary/aromatic N) is 3. The highest BCUT2D eigenvalue weighted by atomic mass is 32.2. The lowest BCUT2D eigenvalue weighted by atomic mass is 9.95. The summed E-state index contributed by atoms with van der Waals surface area (Å²) in [5, 5.41) is 9.32. The summed E-state index contributed by atoms with van der Waals surface area (Å²) >= 11 is 1.69. The molecule has 0 bridgehead atoms. The van der Waals surface area contributed by atoms with Gasteiger partial charge in [-0.2, -0.15) is 0 Å². The van der Waals surface area contributed by atoms with Gasteiger partial charge in [0.2, 0.25) is 15.9 Å². The van der Waals surface area contributed by atoms with Crippen LogP contribution in [0, 0.1) is 19.8 Å². The van der Waals surface area contributed by atoms with E-state index in [2.05, 4.69) is 34.0 Å². The second-order valence-electron chi connectivity index (χ2n) is 8.27. The van der Waals surface area contributed by atoms with Gasteiger partial charge in [0, 0.05) is 23.9 Å². The van der Waals surface area contributed by atoms with Crippen molar-refractivity contribution in [1.82, 2.24) is 15.3 Å². The van der Waals surface area contributed by atoms with Gasteiger partial charge in [-0.05, 0) is 56.9 Å². The van der Waals surface area contributed by atoms with E-state index in [-0.39, 0.29) is 22.8 Å². The number of anilines is 1. The van der Waals surface area contributed by atoms with Gasteiger partial charge >= 0.3 is 0 Å². The van der Waals surface area contributed by atoms with Gasteiger partial charge in [-0.25, -0.2) is 23.5 Å². The van der Waals surface area contributed by atoms with Crippen LogP contribution in [0.1, 0.15) is 41.8 Å². The van der Waals surface area contributed by atoms with Gasteiger partial charge in [0.15, 0.2) is 0 Å². The van der Waals surface area contributed by atoms with Crippen LogP contribution >= 0.6 is 11.3 Å². The minimum Gasteiger partial charge on any atom is -0.356 e. The predicted octanol–water partition coefficient (Wildman–Crippen LogP) is 3.05. The van der Waals surface area contributed by atoms with E-state index in [1.54, 1.807) is 29.8 Å². The normalized spacial score (nSPS) is 16.3. The van der Waals surface area contributed by atoms with E-state index in [9.17, 15) is 13.2 Å². The minimum absolute atomic E-state index is 0.0167. The summed E-state index contributed by atoms with van der Waals surface area (Å²) in [5.41, 5.74) is 2.05. The topological polar surface area (TPSA) is 118 Å². The Kier molecular flexibility index (Phi) is 6.19. The van der Waals surface area contributed by atoms with Gasteiger partial charge < -0.3 is 10.2 Å². The molecule has 0 saturated carbocycles. The Morgan fingerprint density at radius 2 is 1.84 bits per heavy atom. The van der Waals surface area contributed by atoms with Crippen molar-refractivity contribution in [3.8, 4) is 0 Å². The highest BCUT2D eigenvalue weighted by Crippen LogP contribution is 2.35. The summed E-state index contributed by atoms with van der Waals surface area (Å²) in [6, 6.07) is 6.05. The molecular weight excluding hydrogens is 446 g/mol. The fourth-order valence-corrected chi connectivity index (χ4v) is 5.62. The molecule has 1 aliphatic heterocycles. The number of aryl methyl sites for hydroxylation is 2. The first-order valence-electron chi connectivity index (χ1n) is 10.5. The number of hydrogen-bond donors (Lipinski definition) is 2. The van der Waals surface area contributed by atoms with Crippen molar-refractivity contribution >= 4 is 43.3 Å². The van der Waals surface area contributed by atoms with Crippen molar-refractivity contribution in [2.75, 3.05) is 18.0 Å². The number of primary sulfonamides is 1. The van der Waals surface area contributed by atoms with Crippen LogP contribution in [-0.2, 0) is 14.8 Å². The number of aromatic nitrogens is 2. The summed E-state index contributed by atoms with van der Waals surface area (Å²) in [6.07, 6.45) is 3.11. The van der Waals surface area contributed by atoms with Crippen LogP contribution < -0.4 is 15.4 Å². The molecular formula is C22H27N5O3S2. The van der Waals surface area contributed by atoms with Crippen LogP contribution in [0.25, 0.3) is 10.2 Å². The highest BCUT2D eigenvalue weighted by Gasteiger charge is 2.28. The van der Waals surface area contributed by atoms with E-state index in [4.69, 9.17) is 5.14 Å². The number of benzene rings is 1. The number of carbonyl (C=O) groups is 1. The van der Waals surface area contributed by atoms with Crippen molar-refractivity contribution < 1.29 is 13.2 Å². The molecule has 1 fully saturated rings. The van der Waals surface area contributed by atoms with Crippen molar-refractivity contribution in [1.29, 1.82) is 0 Å². The number of hydrogen-bond acceptors (Lipinski definition) is 7. The Balaban J connectivity index is 1.39. The molecule has 3 aromatic rings. The van der Waals surface area contributed by atoms with E-state index in [1.807, 2.05) is 6.92 Å². The lowest BCUT2D eigenvalue weighted by Crippen LogP contribution is -2.41. The van der Waals surface area contributed by atoms with Gasteiger partial charge in [0.1, 0.15) is 17.0 Å². The number of fused-ring (bicyclic) bond motifs is 1. The van der Waals surface area contributed by atoms with Crippen molar-refractivity contribution in [2.45, 2.75) is 44.6 Å². The Morgan fingerprint density at radius 1 is 1.19 bits per heavy atom. The minimum atomic E-state index is -3.73. The van der Waals surface area contributed by atoms with Gasteiger partial charge in [0.05, 0.1) is 16.3 Å². The van der Waals surface area contributed by atoms with E-state index < -0.39 is 10.0 Å². The van der Waals surface area contributed by atoms with Crippen LogP contribution in [0.15, 0.2) is 35.5 Å². The SMILES string of the molecule is Cc1sc2ncnc(N3CCC(C(=O)NC(C)c4ccc(S(N)(=O)=O)cc4)CC3)c2c1C. The summed E-state index contributed by atoms with van der Waals surface area (Å²) in [5.74, 6) is 0.905. The molecule has 32 heavy (non-hydrogen) atoms. The van der Waals surface area contributed by atoms with Gasteiger partial charge in [-0.3, -0.25) is 4.79 Å². The third-order valence-electron chi connectivity index (χ3n) is 6.18. The zero-order valence-corrected chi connectivity index (χ0v) is 20.0. The van der Waals surface area contributed by atoms with Crippen molar-refractivity contribution in [3.63, 3.8) is 0 Å². The third-order valence-corrected chi connectivity index (χ3v) is 8.22. The Labute approximate surface area is 191 Å². The zero-order chi connectivity index (χ0) is 23.0. The molecule has 8 nitrogen and oxygen atoms in total. The lowest BCUT2D eigenvalue weighted by Gasteiger charge is -2.33. The number of amides is 1.